The van der Waals surface area contributed by atoms with Gasteiger partial charge in [-0.05, 0) is 43.5 Å². The van der Waals surface area contributed by atoms with E-state index in [2.05, 4.69) is 52.3 Å². The Hall–Kier alpha value is -0.510. The van der Waals surface area contributed by atoms with Gasteiger partial charge in [-0.25, -0.2) is 0 Å². The minimum atomic E-state index is 0.699. The number of piperidine rings is 1. The monoisotopic (exact) mass is 304 g/mol. The molecule has 2 saturated heterocycles. The first-order valence-electron chi connectivity index (χ1n) is 8.51. The van der Waals surface area contributed by atoms with Gasteiger partial charge >= 0.3 is 0 Å². The summed E-state index contributed by atoms with van der Waals surface area (Å²) in [6, 6.07) is 11.6. The summed E-state index contributed by atoms with van der Waals surface area (Å²) >= 11 is 2.18. The molecule has 0 aliphatic carbocycles. The van der Waals surface area contributed by atoms with Gasteiger partial charge < -0.3 is 5.32 Å². The third-order valence-electron chi connectivity index (χ3n) is 4.66. The molecule has 0 saturated carbocycles. The maximum atomic E-state index is 3.84. The number of thioether (sulfide) groups is 1. The molecule has 2 fully saturated rings. The molecule has 2 heterocycles. The molecule has 0 radical (unpaired) electrons. The molecule has 0 amide bonds. The molecule has 0 spiro atoms. The first-order valence-corrected chi connectivity index (χ1v) is 9.56. The lowest BCUT2D eigenvalue weighted by Gasteiger charge is -2.34. The second kappa shape index (κ2) is 8.21. The van der Waals surface area contributed by atoms with Gasteiger partial charge in [-0.3, -0.25) is 4.90 Å². The molecule has 1 aromatic carbocycles. The summed E-state index contributed by atoms with van der Waals surface area (Å²) < 4.78 is 0. The molecule has 1 aromatic rings. The smallest absolute Gasteiger partial charge is 0.0234 e. The molecule has 3 heteroatoms. The number of likely N-dealkylation sites (tertiary alicyclic amines) is 1. The number of nitrogens with one attached hydrogen (secondary N) is 1. The minimum Gasteiger partial charge on any atom is -0.312 e. The number of nitrogens with zero attached hydrogens (tertiary/aromatic N) is 1. The Bertz CT molecular complexity index is 403. The van der Waals surface area contributed by atoms with Crippen LogP contribution in [0, 0.1) is 0 Å². The molecule has 0 bridgehead atoms. The molecule has 3 rings (SSSR count). The Balaban J connectivity index is 1.42. The van der Waals surface area contributed by atoms with Gasteiger partial charge in [0.05, 0.1) is 0 Å². The van der Waals surface area contributed by atoms with E-state index in [1.165, 1.54) is 63.1 Å². The van der Waals surface area contributed by atoms with Crippen LogP contribution in [-0.4, -0.2) is 41.6 Å². The van der Waals surface area contributed by atoms with Crippen LogP contribution in [0.25, 0.3) is 0 Å². The largest absolute Gasteiger partial charge is 0.312 e. The van der Waals surface area contributed by atoms with Gasteiger partial charge in [0, 0.05) is 30.9 Å². The highest BCUT2D eigenvalue weighted by Gasteiger charge is 2.21. The first kappa shape index (κ1) is 15.4. The molecule has 1 N–H and O–H groups in total. The van der Waals surface area contributed by atoms with Crippen molar-refractivity contribution < 1.29 is 0 Å². The van der Waals surface area contributed by atoms with Crippen molar-refractivity contribution in [1.82, 2.24) is 10.2 Å². The molecule has 2 aliphatic rings. The molecule has 2 atom stereocenters. The van der Waals surface area contributed by atoms with Crippen LogP contribution in [0.2, 0.25) is 0 Å². The lowest BCUT2D eigenvalue weighted by Crippen LogP contribution is -2.47. The zero-order chi connectivity index (χ0) is 14.3. The Labute approximate surface area is 133 Å². The second-order valence-electron chi connectivity index (χ2n) is 6.46. The zero-order valence-electron chi connectivity index (χ0n) is 13.0. The fourth-order valence-corrected chi connectivity index (χ4v) is 4.73. The van der Waals surface area contributed by atoms with Crippen molar-refractivity contribution in [3.05, 3.63) is 35.9 Å². The summed E-state index contributed by atoms with van der Waals surface area (Å²) in [4.78, 5) is 2.62. The van der Waals surface area contributed by atoms with Crippen LogP contribution in [-0.2, 0) is 6.54 Å². The maximum absolute atomic E-state index is 3.84. The predicted octanol–water partition coefficient (Wildman–Crippen LogP) is 3.53. The Morgan fingerprint density at radius 2 is 2.00 bits per heavy atom. The fraction of sp³-hybridized carbons (Fsp3) is 0.667. The highest BCUT2D eigenvalue weighted by Crippen LogP contribution is 2.24. The predicted molar refractivity (Wildman–Crippen MR) is 92.8 cm³/mol. The Kier molecular flexibility index (Phi) is 6.02. The standard InChI is InChI=1S/C18H28N2S/c1-2-7-16(8-3-1)14-20-11-6-9-17(15-20)19-13-18-10-4-5-12-21-18/h1-3,7-8,17-19H,4-6,9-15H2. The third kappa shape index (κ3) is 5.01. The second-order valence-corrected chi connectivity index (χ2v) is 7.86. The van der Waals surface area contributed by atoms with E-state index < -0.39 is 0 Å². The highest BCUT2D eigenvalue weighted by atomic mass is 32.2. The van der Waals surface area contributed by atoms with Crippen LogP contribution >= 0.6 is 11.8 Å². The minimum absolute atomic E-state index is 0.699. The summed E-state index contributed by atoms with van der Waals surface area (Å²) in [5.41, 5.74) is 1.45. The van der Waals surface area contributed by atoms with E-state index in [-0.39, 0.29) is 0 Å². The molecule has 2 unspecified atom stereocenters. The van der Waals surface area contributed by atoms with Gasteiger partial charge in [0.25, 0.3) is 0 Å². The normalized spacial score (nSPS) is 27.6. The van der Waals surface area contributed by atoms with Gasteiger partial charge in [0.1, 0.15) is 0 Å². The maximum Gasteiger partial charge on any atom is 0.0234 e. The zero-order valence-corrected chi connectivity index (χ0v) is 13.8. The van der Waals surface area contributed by atoms with E-state index in [1.54, 1.807) is 0 Å². The van der Waals surface area contributed by atoms with Gasteiger partial charge in [0.15, 0.2) is 0 Å². The molecule has 116 valence electrons. The van der Waals surface area contributed by atoms with Gasteiger partial charge in [0.2, 0.25) is 0 Å². The van der Waals surface area contributed by atoms with Crippen LogP contribution in [0.15, 0.2) is 30.3 Å². The van der Waals surface area contributed by atoms with Crippen molar-refractivity contribution in [3.8, 4) is 0 Å². The van der Waals surface area contributed by atoms with Crippen molar-refractivity contribution >= 4 is 11.8 Å². The van der Waals surface area contributed by atoms with Crippen molar-refractivity contribution in [2.24, 2.45) is 0 Å². The fourth-order valence-electron chi connectivity index (χ4n) is 3.47. The molecule has 2 aliphatic heterocycles. The average molecular weight is 305 g/mol. The first-order chi connectivity index (χ1) is 10.4. The van der Waals surface area contributed by atoms with Crippen molar-refractivity contribution in [1.29, 1.82) is 0 Å². The van der Waals surface area contributed by atoms with Gasteiger partial charge in [-0.15, -0.1) is 0 Å². The van der Waals surface area contributed by atoms with Crippen LogP contribution < -0.4 is 5.32 Å². The van der Waals surface area contributed by atoms with Gasteiger partial charge in [-0.1, -0.05) is 36.8 Å². The summed E-state index contributed by atoms with van der Waals surface area (Å²) in [7, 11) is 0. The Morgan fingerprint density at radius 1 is 1.10 bits per heavy atom. The van der Waals surface area contributed by atoms with E-state index in [4.69, 9.17) is 0 Å². The number of hydrogen-bond donors (Lipinski definition) is 1. The topological polar surface area (TPSA) is 15.3 Å². The van der Waals surface area contributed by atoms with Gasteiger partial charge in [-0.2, -0.15) is 11.8 Å². The van der Waals surface area contributed by atoms with Crippen LogP contribution in [0.5, 0.6) is 0 Å². The third-order valence-corrected chi connectivity index (χ3v) is 6.06. The number of benzene rings is 1. The number of rotatable bonds is 5. The molecular weight excluding hydrogens is 276 g/mol. The van der Waals surface area contributed by atoms with E-state index in [1.807, 2.05) is 0 Å². The summed E-state index contributed by atoms with van der Waals surface area (Å²) in [6.07, 6.45) is 6.96. The SMILES string of the molecule is c1ccc(CN2CCCC(NCC3CCCCS3)C2)cc1. The molecule has 0 aromatic heterocycles. The summed E-state index contributed by atoms with van der Waals surface area (Å²) in [5.74, 6) is 1.37. The average Bonchev–Trinajstić information content (AvgIpc) is 2.55. The summed E-state index contributed by atoms with van der Waals surface area (Å²) in [5, 5.41) is 4.71. The number of hydrogen-bond acceptors (Lipinski definition) is 3. The Morgan fingerprint density at radius 3 is 2.81 bits per heavy atom. The molecule has 2 nitrogen and oxygen atoms in total. The van der Waals surface area contributed by atoms with Crippen molar-refractivity contribution in [2.75, 3.05) is 25.4 Å². The highest BCUT2D eigenvalue weighted by molar-refractivity contribution is 7.99. The lowest BCUT2D eigenvalue weighted by atomic mass is 10.0. The van der Waals surface area contributed by atoms with E-state index in [0.29, 0.717) is 6.04 Å². The summed E-state index contributed by atoms with van der Waals surface area (Å²) in [6.45, 7) is 4.79. The van der Waals surface area contributed by atoms with Crippen molar-refractivity contribution in [2.45, 2.75) is 49.9 Å². The lowest BCUT2D eigenvalue weighted by molar-refractivity contribution is 0.183. The van der Waals surface area contributed by atoms with E-state index >= 15 is 0 Å². The van der Waals surface area contributed by atoms with Crippen LogP contribution in [0.3, 0.4) is 0 Å². The van der Waals surface area contributed by atoms with Crippen LogP contribution in [0.4, 0.5) is 0 Å². The van der Waals surface area contributed by atoms with E-state index in [9.17, 15) is 0 Å². The molecule has 21 heavy (non-hydrogen) atoms. The van der Waals surface area contributed by atoms with E-state index in [0.717, 1.165) is 11.8 Å². The van der Waals surface area contributed by atoms with Crippen molar-refractivity contribution in [3.63, 3.8) is 0 Å². The van der Waals surface area contributed by atoms with Crippen LogP contribution in [0.1, 0.15) is 37.7 Å². The molecular formula is C18H28N2S. The quantitative estimate of drug-likeness (QED) is 0.896.